The van der Waals surface area contributed by atoms with Crippen molar-refractivity contribution in [1.29, 1.82) is 0 Å². The van der Waals surface area contributed by atoms with Gasteiger partial charge in [-0.1, -0.05) is 19.1 Å². The summed E-state index contributed by atoms with van der Waals surface area (Å²) in [5.74, 6) is 0.315. The van der Waals surface area contributed by atoms with Crippen molar-refractivity contribution in [2.45, 2.75) is 19.9 Å². The van der Waals surface area contributed by atoms with Crippen LogP contribution in [0.2, 0.25) is 0 Å². The Labute approximate surface area is 162 Å². The summed E-state index contributed by atoms with van der Waals surface area (Å²) in [5.41, 5.74) is 7.99. The minimum absolute atomic E-state index is 0.246. The third kappa shape index (κ3) is 4.43. The van der Waals surface area contributed by atoms with Gasteiger partial charge in [-0.2, -0.15) is 0 Å². The molecule has 0 aliphatic rings. The quantitative estimate of drug-likeness (QED) is 0.581. The molecule has 0 saturated carbocycles. The molecule has 0 fully saturated rings. The number of methoxy groups -OCH3 is 1. The number of anilines is 1. The Morgan fingerprint density at radius 3 is 2.68 bits per heavy atom. The molecule has 1 amide bonds. The minimum atomic E-state index is -0.575. The van der Waals surface area contributed by atoms with Crippen LogP contribution in [0.15, 0.2) is 51.7 Å². The van der Waals surface area contributed by atoms with Gasteiger partial charge in [0.25, 0.3) is 5.91 Å². The summed E-state index contributed by atoms with van der Waals surface area (Å²) >= 11 is 0. The third-order valence-corrected chi connectivity index (χ3v) is 4.32. The van der Waals surface area contributed by atoms with E-state index in [1.807, 2.05) is 31.2 Å². The summed E-state index contributed by atoms with van der Waals surface area (Å²) in [6.45, 7) is 2.21. The number of hydrogen-bond acceptors (Lipinski definition) is 6. The average Bonchev–Trinajstić information content (AvgIpc) is 2.69. The lowest BCUT2D eigenvalue weighted by molar-refractivity contribution is -0.119. The van der Waals surface area contributed by atoms with Crippen LogP contribution in [0.4, 0.5) is 5.69 Å². The van der Waals surface area contributed by atoms with Crippen molar-refractivity contribution in [3.63, 3.8) is 0 Å². The number of benzene rings is 2. The summed E-state index contributed by atoms with van der Waals surface area (Å²) in [6, 6.07) is 12.6. The first-order valence-corrected chi connectivity index (χ1v) is 8.89. The second kappa shape index (κ2) is 8.47. The number of primary amides is 1. The monoisotopic (exact) mass is 382 g/mol. The van der Waals surface area contributed by atoms with Gasteiger partial charge in [-0.05, 0) is 35.7 Å². The van der Waals surface area contributed by atoms with E-state index in [-0.39, 0.29) is 6.61 Å². The number of carbonyl (C=O) groups excluding carboxylic acids is 1. The van der Waals surface area contributed by atoms with Crippen LogP contribution in [0.1, 0.15) is 18.1 Å². The van der Waals surface area contributed by atoms with Gasteiger partial charge in [0.05, 0.1) is 7.11 Å². The van der Waals surface area contributed by atoms with E-state index in [1.165, 1.54) is 13.2 Å². The molecule has 0 atom stereocenters. The van der Waals surface area contributed by atoms with Crippen molar-refractivity contribution in [2.24, 2.45) is 5.73 Å². The van der Waals surface area contributed by atoms with Crippen molar-refractivity contribution in [2.75, 3.05) is 19.0 Å². The van der Waals surface area contributed by atoms with Crippen LogP contribution in [0.3, 0.4) is 0 Å². The lowest BCUT2D eigenvalue weighted by atomic mass is 10.1. The molecule has 0 radical (unpaired) electrons. The fourth-order valence-electron chi connectivity index (χ4n) is 2.89. The molecule has 1 aromatic heterocycles. The number of nitrogens with two attached hydrogens (primary N) is 1. The zero-order chi connectivity index (χ0) is 20.1. The van der Waals surface area contributed by atoms with Crippen molar-refractivity contribution in [3.8, 4) is 11.5 Å². The minimum Gasteiger partial charge on any atom is -0.493 e. The van der Waals surface area contributed by atoms with E-state index < -0.39 is 11.5 Å². The van der Waals surface area contributed by atoms with Crippen LogP contribution in [-0.4, -0.2) is 19.6 Å². The van der Waals surface area contributed by atoms with Crippen LogP contribution in [0.5, 0.6) is 11.5 Å². The van der Waals surface area contributed by atoms with Crippen LogP contribution in [0.25, 0.3) is 11.0 Å². The first-order chi connectivity index (χ1) is 13.5. The summed E-state index contributed by atoms with van der Waals surface area (Å²) in [4.78, 5) is 22.9. The fraction of sp³-hybridized carbons (Fsp3) is 0.238. The summed E-state index contributed by atoms with van der Waals surface area (Å²) in [7, 11) is 1.51. The van der Waals surface area contributed by atoms with E-state index in [9.17, 15) is 9.59 Å². The number of fused-ring (bicyclic) bond motifs is 1. The first-order valence-electron chi connectivity index (χ1n) is 8.89. The van der Waals surface area contributed by atoms with Gasteiger partial charge in [-0.3, -0.25) is 4.79 Å². The molecule has 0 aliphatic heterocycles. The Bertz CT molecular complexity index is 1060. The third-order valence-electron chi connectivity index (χ3n) is 4.32. The molecule has 0 unspecified atom stereocenters. The fourth-order valence-corrected chi connectivity index (χ4v) is 2.89. The van der Waals surface area contributed by atoms with Gasteiger partial charge in [0.15, 0.2) is 18.1 Å². The summed E-state index contributed by atoms with van der Waals surface area (Å²) < 4.78 is 16.0. The first kappa shape index (κ1) is 19.3. The van der Waals surface area contributed by atoms with Crippen molar-refractivity contribution >= 4 is 22.6 Å². The van der Waals surface area contributed by atoms with Gasteiger partial charge in [0, 0.05) is 29.8 Å². The smallest absolute Gasteiger partial charge is 0.336 e. The lowest BCUT2D eigenvalue weighted by Gasteiger charge is -2.13. The highest BCUT2D eigenvalue weighted by Crippen LogP contribution is 2.30. The van der Waals surface area contributed by atoms with Crippen LogP contribution in [0, 0.1) is 0 Å². The molecule has 3 aromatic rings. The maximum atomic E-state index is 11.9. The number of hydrogen-bond donors (Lipinski definition) is 2. The number of nitrogens with one attached hydrogen (secondary N) is 1. The average molecular weight is 382 g/mol. The zero-order valence-corrected chi connectivity index (χ0v) is 15.8. The summed E-state index contributed by atoms with van der Waals surface area (Å²) in [6.07, 6.45) is 0.863. The SMILES string of the molecule is CCc1ccc2c(CNc3ccc(OC)c(OCC(N)=O)c3)cc(=O)oc2c1. The van der Waals surface area contributed by atoms with Gasteiger partial charge < -0.3 is 24.9 Å². The molecule has 0 bridgehead atoms. The highest BCUT2D eigenvalue weighted by atomic mass is 16.5. The molecular formula is C21H22N2O5. The van der Waals surface area contributed by atoms with E-state index in [0.717, 1.165) is 28.6 Å². The normalized spacial score (nSPS) is 10.6. The lowest BCUT2D eigenvalue weighted by Crippen LogP contribution is -2.20. The highest BCUT2D eigenvalue weighted by molar-refractivity contribution is 5.81. The van der Waals surface area contributed by atoms with Crippen LogP contribution < -0.4 is 26.1 Å². The Morgan fingerprint density at radius 2 is 1.96 bits per heavy atom. The van der Waals surface area contributed by atoms with E-state index in [2.05, 4.69) is 5.32 Å². The van der Waals surface area contributed by atoms with E-state index in [1.54, 1.807) is 12.1 Å². The van der Waals surface area contributed by atoms with Crippen molar-refractivity contribution in [3.05, 3.63) is 64.0 Å². The Kier molecular flexibility index (Phi) is 5.84. The second-order valence-electron chi connectivity index (χ2n) is 6.25. The number of carbonyl (C=O) groups is 1. The van der Waals surface area contributed by atoms with Gasteiger partial charge in [0.2, 0.25) is 0 Å². The van der Waals surface area contributed by atoms with Crippen molar-refractivity contribution in [1.82, 2.24) is 0 Å². The maximum Gasteiger partial charge on any atom is 0.336 e. The van der Waals surface area contributed by atoms with Crippen LogP contribution in [-0.2, 0) is 17.8 Å². The predicted molar refractivity (Wildman–Crippen MR) is 107 cm³/mol. The maximum absolute atomic E-state index is 11.9. The molecule has 0 spiro atoms. The van der Waals surface area contributed by atoms with Gasteiger partial charge in [-0.15, -0.1) is 0 Å². The largest absolute Gasteiger partial charge is 0.493 e. The van der Waals surface area contributed by atoms with E-state index in [4.69, 9.17) is 19.6 Å². The number of amides is 1. The van der Waals surface area contributed by atoms with E-state index >= 15 is 0 Å². The molecule has 1 heterocycles. The number of aryl methyl sites for hydroxylation is 1. The molecule has 146 valence electrons. The number of rotatable bonds is 8. The van der Waals surface area contributed by atoms with Gasteiger partial charge in [-0.25, -0.2) is 4.79 Å². The molecule has 7 nitrogen and oxygen atoms in total. The zero-order valence-electron chi connectivity index (χ0n) is 15.8. The second-order valence-corrected chi connectivity index (χ2v) is 6.25. The van der Waals surface area contributed by atoms with E-state index in [0.29, 0.717) is 23.6 Å². The molecule has 0 aliphatic carbocycles. The molecule has 0 saturated heterocycles. The Morgan fingerprint density at radius 1 is 1.14 bits per heavy atom. The topological polar surface area (TPSA) is 104 Å². The van der Waals surface area contributed by atoms with Crippen LogP contribution >= 0.6 is 0 Å². The molecule has 7 heteroatoms. The standard InChI is InChI=1S/C21H22N2O5/c1-3-13-4-6-16-14(9-21(25)28-18(16)8-13)11-23-15-5-7-17(26-2)19(10-15)27-12-20(22)24/h4-10,23H,3,11-12H2,1-2H3,(H2,22,24). The van der Waals surface area contributed by atoms with Gasteiger partial charge in [0.1, 0.15) is 5.58 Å². The molecule has 3 N–H and O–H groups in total. The Hall–Kier alpha value is -3.48. The van der Waals surface area contributed by atoms with Crippen molar-refractivity contribution < 1.29 is 18.7 Å². The predicted octanol–water partition coefficient (Wildman–Crippen LogP) is 2.84. The highest BCUT2D eigenvalue weighted by Gasteiger charge is 2.10. The Balaban J connectivity index is 1.84. The summed E-state index contributed by atoms with van der Waals surface area (Å²) in [5, 5.41) is 4.13. The molecule has 2 aromatic carbocycles. The molecule has 3 rings (SSSR count). The number of ether oxygens (including phenoxy) is 2. The molecular weight excluding hydrogens is 360 g/mol. The molecule has 28 heavy (non-hydrogen) atoms. The van der Waals surface area contributed by atoms with Gasteiger partial charge >= 0.3 is 5.63 Å².